The van der Waals surface area contributed by atoms with Crippen molar-refractivity contribution in [2.45, 2.75) is 18.8 Å². The maximum Gasteiger partial charge on any atom is 0.224 e. The summed E-state index contributed by atoms with van der Waals surface area (Å²) in [5.74, 6) is 0.161. The van der Waals surface area contributed by atoms with Gasteiger partial charge in [0.05, 0.1) is 41.4 Å². The summed E-state index contributed by atoms with van der Waals surface area (Å²) < 4.78 is 5.46. The maximum absolute atomic E-state index is 12.6. The quantitative estimate of drug-likeness (QED) is 0.622. The fourth-order valence-electron chi connectivity index (χ4n) is 4.58. The summed E-state index contributed by atoms with van der Waals surface area (Å²) in [4.78, 5) is 20.1. The van der Waals surface area contributed by atoms with Crippen molar-refractivity contribution in [2.24, 2.45) is 7.05 Å². The minimum absolute atomic E-state index is 0.00666. The highest BCUT2D eigenvalue weighted by Crippen LogP contribution is 2.42. The lowest BCUT2D eigenvalue weighted by molar-refractivity contribution is -0.120. The molecule has 0 bridgehead atoms. The van der Waals surface area contributed by atoms with Crippen molar-refractivity contribution in [1.29, 1.82) is 0 Å². The number of aromatic amines is 1. The van der Waals surface area contributed by atoms with E-state index in [0.717, 1.165) is 67.0 Å². The van der Waals surface area contributed by atoms with Crippen LogP contribution in [0.25, 0.3) is 22.2 Å². The highest BCUT2D eigenvalue weighted by Gasteiger charge is 2.29. The number of carbonyl (C=O) groups is 1. The Kier molecular flexibility index (Phi) is 5.64. The zero-order chi connectivity index (χ0) is 21.5. The Labute approximate surface area is 189 Å². The average molecular weight is 463 g/mol. The number of nitrogens with zero attached hydrogens (tertiary/aromatic N) is 4. The van der Waals surface area contributed by atoms with Crippen LogP contribution in [0, 0.1) is 0 Å². The molecule has 4 heterocycles. The number of hydrogen-bond acceptors (Lipinski definition) is 5. The minimum Gasteiger partial charge on any atom is -0.379 e. The van der Waals surface area contributed by atoms with E-state index >= 15 is 0 Å². The van der Waals surface area contributed by atoms with Crippen LogP contribution in [0.1, 0.15) is 23.6 Å². The Morgan fingerprint density at radius 3 is 2.84 bits per heavy atom. The Bertz CT molecular complexity index is 1130. The van der Waals surface area contributed by atoms with Gasteiger partial charge in [0.2, 0.25) is 5.91 Å². The second kappa shape index (κ2) is 8.43. The Hall–Kier alpha value is -2.13. The van der Waals surface area contributed by atoms with Crippen LogP contribution >= 0.6 is 23.2 Å². The van der Waals surface area contributed by atoms with Crippen LogP contribution in [0.3, 0.4) is 0 Å². The van der Waals surface area contributed by atoms with Crippen LogP contribution in [0.15, 0.2) is 12.3 Å². The molecule has 31 heavy (non-hydrogen) atoms. The smallest absolute Gasteiger partial charge is 0.224 e. The van der Waals surface area contributed by atoms with Crippen molar-refractivity contribution in [3.63, 3.8) is 0 Å². The first-order valence-electron chi connectivity index (χ1n) is 10.5. The van der Waals surface area contributed by atoms with E-state index in [0.29, 0.717) is 22.3 Å². The first kappa shape index (κ1) is 20.8. The predicted octanol–water partition coefficient (Wildman–Crippen LogP) is 2.75. The van der Waals surface area contributed by atoms with E-state index in [9.17, 15) is 4.79 Å². The monoisotopic (exact) mass is 462 g/mol. The molecule has 0 unspecified atom stereocenters. The van der Waals surface area contributed by atoms with Gasteiger partial charge in [0.1, 0.15) is 5.69 Å². The van der Waals surface area contributed by atoms with E-state index in [2.05, 4.69) is 25.4 Å². The van der Waals surface area contributed by atoms with E-state index in [1.807, 2.05) is 6.07 Å². The van der Waals surface area contributed by atoms with Gasteiger partial charge in [-0.2, -0.15) is 15.0 Å². The van der Waals surface area contributed by atoms with Crippen molar-refractivity contribution >= 4 is 40.0 Å². The topological polar surface area (TPSA) is 88.1 Å². The van der Waals surface area contributed by atoms with Gasteiger partial charge in [-0.25, -0.2) is 0 Å². The molecule has 0 saturated carbocycles. The van der Waals surface area contributed by atoms with Crippen molar-refractivity contribution in [3.05, 3.63) is 33.6 Å². The fraction of sp³-hybridized carbons (Fsp3) is 0.476. The summed E-state index contributed by atoms with van der Waals surface area (Å²) in [7, 11) is 1.77. The van der Waals surface area contributed by atoms with E-state index < -0.39 is 0 Å². The van der Waals surface area contributed by atoms with E-state index in [-0.39, 0.29) is 18.2 Å². The first-order valence-corrected chi connectivity index (χ1v) is 11.2. The molecule has 10 heteroatoms. The molecule has 2 aliphatic heterocycles. The van der Waals surface area contributed by atoms with Gasteiger partial charge < -0.3 is 15.0 Å². The van der Waals surface area contributed by atoms with Gasteiger partial charge in [0.25, 0.3) is 0 Å². The van der Waals surface area contributed by atoms with Gasteiger partial charge in [-0.1, -0.05) is 23.2 Å². The molecule has 0 spiro atoms. The summed E-state index contributed by atoms with van der Waals surface area (Å²) in [6, 6.07) is 1.82. The third kappa shape index (κ3) is 3.93. The third-order valence-electron chi connectivity index (χ3n) is 6.17. The summed E-state index contributed by atoms with van der Waals surface area (Å²) >= 11 is 13.1. The zero-order valence-electron chi connectivity index (χ0n) is 17.3. The van der Waals surface area contributed by atoms with Gasteiger partial charge in [0, 0.05) is 49.2 Å². The minimum atomic E-state index is 0.00666. The van der Waals surface area contributed by atoms with Gasteiger partial charge in [-0.15, -0.1) is 0 Å². The molecule has 0 radical (unpaired) electrons. The van der Waals surface area contributed by atoms with Crippen LogP contribution in [0.5, 0.6) is 0 Å². The normalized spacial score (nSPS) is 20.0. The number of morpholine rings is 1. The van der Waals surface area contributed by atoms with Crippen LogP contribution in [0.4, 0.5) is 0 Å². The van der Waals surface area contributed by atoms with E-state index in [1.165, 1.54) is 4.80 Å². The number of hydrogen-bond donors (Lipinski definition) is 2. The lowest BCUT2D eigenvalue weighted by Crippen LogP contribution is -2.38. The molecule has 1 saturated heterocycles. The van der Waals surface area contributed by atoms with Gasteiger partial charge in [-0.05, 0) is 24.6 Å². The Morgan fingerprint density at radius 1 is 1.29 bits per heavy atom. The molecular formula is C21H24Cl2N6O2. The molecule has 2 aromatic heterocycles. The number of rotatable bonds is 4. The van der Waals surface area contributed by atoms with Crippen LogP contribution in [-0.4, -0.2) is 70.2 Å². The van der Waals surface area contributed by atoms with E-state index in [4.69, 9.17) is 27.9 Å². The van der Waals surface area contributed by atoms with Gasteiger partial charge >= 0.3 is 0 Å². The molecule has 1 atom stereocenters. The Morgan fingerprint density at radius 2 is 2.10 bits per heavy atom. The lowest BCUT2D eigenvalue weighted by Gasteiger charge is -2.28. The number of fused-ring (bicyclic) bond motifs is 3. The second-order valence-corrected chi connectivity index (χ2v) is 8.91. The number of halogens is 2. The second-order valence-electron chi connectivity index (χ2n) is 8.13. The van der Waals surface area contributed by atoms with Gasteiger partial charge in [-0.3, -0.25) is 9.69 Å². The van der Waals surface area contributed by atoms with Crippen molar-refractivity contribution < 1.29 is 9.53 Å². The summed E-state index contributed by atoms with van der Waals surface area (Å²) in [5.41, 5.74) is 4.30. The molecule has 2 aliphatic rings. The first-order chi connectivity index (χ1) is 15.0. The number of carbonyl (C=O) groups excluding carboxylic acids is 1. The molecule has 164 valence electrons. The van der Waals surface area contributed by atoms with Crippen LogP contribution in [0.2, 0.25) is 10.0 Å². The number of H-pyrrole nitrogens is 1. The van der Waals surface area contributed by atoms with Crippen molar-refractivity contribution in [3.8, 4) is 11.3 Å². The number of amides is 1. The fourth-order valence-corrected chi connectivity index (χ4v) is 4.98. The number of aryl methyl sites for hydroxylation is 1. The lowest BCUT2D eigenvalue weighted by atomic mass is 9.94. The van der Waals surface area contributed by atoms with E-state index in [1.54, 1.807) is 13.2 Å². The molecule has 1 fully saturated rings. The molecule has 1 amide bonds. The van der Waals surface area contributed by atoms with Crippen molar-refractivity contribution in [2.75, 3.05) is 39.4 Å². The summed E-state index contributed by atoms with van der Waals surface area (Å²) in [6.07, 6.45) is 2.91. The van der Waals surface area contributed by atoms with Gasteiger partial charge in [0.15, 0.2) is 0 Å². The number of benzene rings is 1. The molecule has 0 aliphatic carbocycles. The van der Waals surface area contributed by atoms with Crippen molar-refractivity contribution in [1.82, 2.24) is 30.2 Å². The molecule has 2 N–H and O–H groups in total. The molecular weight excluding hydrogens is 439 g/mol. The molecule has 8 nitrogen and oxygen atoms in total. The average Bonchev–Trinajstić information content (AvgIpc) is 3.32. The molecule has 1 aromatic carbocycles. The number of aromatic nitrogens is 4. The summed E-state index contributed by atoms with van der Waals surface area (Å²) in [5, 5.41) is 13.5. The SMILES string of the molecule is Cn1ncc(-c2cc(Cl)c(Cl)c3[nH]c4c(c23)CC(=O)NC[C@@H]4CCN2CCOCC2)n1. The molecule has 3 aromatic rings. The van der Waals surface area contributed by atoms with Crippen LogP contribution < -0.4 is 5.32 Å². The standard InChI is InChI=1S/C21H24Cl2N6O2/c1-28-25-11-16(27-28)13-8-15(22)19(23)21-18(13)14-9-17(30)24-10-12(20(14)26-21)2-3-29-4-6-31-7-5-29/h8,11-12,26H,2-7,9-10H2,1H3,(H,24,30)/t12-/m0/s1. The summed E-state index contributed by atoms with van der Waals surface area (Å²) in [6.45, 7) is 4.97. The highest BCUT2D eigenvalue weighted by molar-refractivity contribution is 6.45. The predicted molar refractivity (Wildman–Crippen MR) is 120 cm³/mol. The molecule has 5 rings (SSSR count). The number of ether oxygens (including phenoxy) is 1. The highest BCUT2D eigenvalue weighted by atomic mass is 35.5. The van der Waals surface area contributed by atoms with Crippen LogP contribution in [-0.2, 0) is 23.0 Å². The maximum atomic E-state index is 12.6. The zero-order valence-corrected chi connectivity index (χ0v) is 18.8. The third-order valence-corrected chi connectivity index (χ3v) is 6.96. The Balaban J connectivity index is 1.60. The largest absolute Gasteiger partial charge is 0.379 e. The number of nitrogens with one attached hydrogen (secondary N) is 2.